The maximum Gasteiger partial charge on any atom is 0.144 e. The topological polar surface area (TPSA) is 9.23 Å². The zero-order chi connectivity index (χ0) is 20.7. The molecule has 1 unspecified atom stereocenters. The van der Waals surface area contributed by atoms with Crippen LogP contribution >= 0.6 is 0 Å². The molecule has 30 heavy (non-hydrogen) atoms. The molecular formula is C29H32O. The number of ether oxygens (including phenoxy) is 1. The Balaban J connectivity index is 1.76. The van der Waals surface area contributed by atoms with Crippen LogP contribution in [-0.2, 0) is 10.3 Å². The van der Waals surface area contributed by atoms with Crippen LogP contribution < -0.4 is 0 Å². The van der Waals surface area contributed by atoms with Crippen LogP contribution in [0.1, 0.15) is 55.2 Å². The fourth-order valence-electron chi connectivity index (χ4n) is 4.87. The van der Waals surface area contributed by atoms with Crippen LogP contribution in [-0.4, -0.2) is 6.10 Å². The fourth-order valence-corrected chi connectivity index (χ4v) is 4.87. The summed E-state index contributed by atoms with van der Waals surface area (Å²) in [4.78, 5) is 0. The van der Waals surface area contributed by atoms with Gasteiger partial charge in [0, 0.05) is 0 Å². The van der Waals surface area contributed by atoms with E-state index in [0.717, 1.165) is 29.0 Å². The lowest BCUT2D eigenvalue weighted by molar-refractivity contribution is -0.0297. The molecule has 0 spiro atoms. The lowest BCUT2D eigenvalue weighted by Gasteiger charge is -2.38. The van der Waals surface area contributed by atoms with Crippen molar-refractivity contribution in [3.63, 3.8) is 0 Å². The first-order valence-corrected chi connectivity index (χ1v) is 11.3. The summed E-state index contributed by atoms with van der Waals surface area (Å²) < 4.78 is 7.09. The molecule has 1 atom stereocenters. The SMILES string of the molecule is C=CC(CCC1CCCC1)OC(c1ccccc1)(c1ccccc1)c1ccccc1. The minimum Gasteiger partial charge on any atom is -0.354 e. The van der Waals surface area contributed by atoms with Crippen LogP contribution in [0.25, 0.3) is 0 Å². The highest BCUT2D eigenvalue weighted by atomic mass is 16.5. The van der Waals surface area contributed by atoms with Crippen molar-refractivity contribution in [3.8, 4) is 0 Å². The minimum atomic E-state index is -0.668. The van der Waals surface area contributed by atoms with Gasteiger partial charge in [-0.25, -0.2) is 0 Å². The smallest absolute Gasteiger partial charge is 0.144 e. The molecule has 0 aromatic heterocycles. The molecule has 1 aliphatic rings. The second kappa shape index (κ2) is 9.91. The molecule has 0 radical (unpaired) electrons. The first kappa shape index (κ1) is 20.6. The normalized spacial score (nSPS) is 15.7. The van der Waals surface area contributed by atoms with Crippen molar-refractivity contribution in [1.29, 1.82) is 0 Å². The summed E-state index contributed by atoms with van der Waals surface area (Å²) in [6.45, 7) is 4.15. The Bertz CT molecular complexity index is 798. The van der Waals surface area contributed by atoms with E-state index in [1.807, 2.05) is 6.08 Å². The van der Waals surface area contributed by atoms with Gasteiger partial charge in [0.2, 0.25) is 0 Å². The van der Waals surface area contributed by atoms with Gasteiger partial charge in [0.05, 0.1) is 6.10 Å². The predicted molar refractivity (Wildman–Crippen MR) is 125 cm³/mol. The molecule has 0 saturated heterocycles. The molecule has 154 valence electrons. The van der Waals surface area contributed by atoms with Gasteiger partial charge in [-0.3, -0.25) is 0 Å². The molecule has 0 heterocycles. The zero-order valence-corrected chi connectivity index (χ0v) is 17.8. The molecule has 1 fully saturated rings. The van der Waals surface area contributed by atoms with Crippen molar-refractivity contribution in [2.45, 2.75) is 50.2 Å². The Hall–Kier alpha value is -2.64. The fraction of sp³-hybridized carbons (Fsp3) is 0.310. The van der Waals surface area contributed by atoms with Crippen LogP contribution in [0, 0.1) is 5.92 Å². The van der Waals surface area contributed by atoms with E-state index in [0.29, 0.717) is 0 Å². The number of rotatable bonds is 9. The van der Waals surface area contributed by atoms with Gasteiger partial charge < -0.3 is 4.74 Å². The molecule has 4 rings (SSSR count). The van der Waals surface area contributed by atoms with Crippen LogP contribution in [0.2, 0.25) is 0 Å². The maximum absolute atomic E-state index is 7.09. The standard InChI is InChI=1S/C29H32O/c1-2-28(23-22-24-14-12-13-15-24)30-29(25-16-6-3-7-17-25,26-18-8-4-9-19-26)27-20-10-5-11-21-27/h2-11,16-21,24,28H,1,12-15,22-23H2. The number of benzene rings is 3. The van der Waals surface area contributed by atoms with Gasteiger partial charge >= 0.3 is 0 Å². The van der Waals surface area contributed by atoms with E-state index in [1.165, 1.54) is 32.1 Å². The van der Waals surface area contributed by atoms with Crippen molar-refractivity contribution in [2.24, 2.45) is 5.92 Å². The van der Waals surface area contributed by atoms with Crippen LogP contribution in [0.5, 0.6) is 0 Å². The van der Waals surface area contributed by atoms with E-state index < -0.39 is 5.60 Å². The van der Waals surface area contributed by atoms with Gasteiger partial charge in [0.25, 0.3) is 0 Å². The molecule has 1 heteroatoms. The third-order valence-corrected chi connectivity index (χ3v) is 6.47. The molecule has 3 aromatic carbocycles. The van der Waals surface area contributed by atoms with Crippen molar-refractivity contribution in [2.75, 3.05) is 0 Å². The molecule has 1 nitrogen and oxygen atoms in total. The van der Waals surface area contributed by atoms with Crippen molar-refractivity contribution in [3.05, 3.63) is 120 Å². The molecule has 3 aromatic rings. The summed E-state index contributed by atoms with van der Waals surface area (Å²) in [6.07, 6.45) is 9.71. The van der Waals surface area contributed by atoms with Crippen molar-refractivity contribution in [1.82, 2.24) is 0 Å². The van der Waals surface area contributed by atoms with E-state index >= 15 is 0 Å². The van der Waals surface area contributed by atoms with Gasteiger partial charge in [-0.1, -0.05) is 123 Å². The van der Waals surface area contributed by atoms with Crippen LogP contribution in [0.15, 0.2) is 104 Å². The summed E-state index contributed by atoms with van der Waals surface area (Å²) >= 11 is 0. The molecule has 0 aliphatic heterocycles. The van der Waals surface area contributed by atoms with Gasteiger partial charge in [0.1, 0.15) is 5.60 Å². The number of hydrogen-bond donors (Lipinski definition) is 0. The summed E-state index contributed by atoms with van der Waals surface area (Å²) in [6, 6.07) is 31.8. The van der Waals surface area contributed by atoms with E-state index in [-0.39, 0.29) is 6.10 Å². The Morgan fingerprint density at radius 3 is 1.60 bits per heavy atom. The third-order valence-electron chi connectivity index (χ3n) is 6.47. The van der Waals surface area contributed by atoms with Crippen LogP contribution in [0.3, 0.4) is 0 Å². The van der Waals surface area contributed by atoms with Gasteiger partial charge in [-0.05, 0) is 35.4 Å². The molecule has 0 bridgehead atoms. The van der Waals surface area contributed by atoms with Gasteiger partial charge in [0.15, 0.2) is 0 Å². The third kappa shape index (κ3) is 4.42. The highest BCUT2D eigenvalue weighted by molar-refractivity contribution is 5.47. The quantitative estimate of drug-likeness (QED) is 0.268. The predicted octanol–water partition coefficient (Wildman–Crippen LogP) is 7.52. The van der Waals surface area contributed by atoms with Gasteiger partial charge in [-0.2, -0.15) is 0 Å². The lowest BCUT2D eigenvalue weighted by atomic mass is 9.79. The Morgan fingerprint density at radius 2 is 1.20 bits per heavy atom. The molecule has 0 amide bonds. The van der Waals surface area contributed by atoms with Crippen molar-refractivity contribution < 1.29 is 4.74 Å². The van der Waals surface area contributed by atoms with E-state index in [1.54, 1.807) is 0 Å². The highest BCUT2D eigenvalue weighted by Gasteiger charge is 2.39. The minimum absolute atomic E-state index is 0.00813. The molecule has 1 aliphatic carbocycles. The zero-order valence-electron chi connectivity index (χ0n) is 17.8. The van der Waals surface area contributed by atoms with Gasteiger partial charge in [-0.15, -0.1) is 6.58 Å². The summed E-state index contributed by atoms with van der Waals surface area (Å²) in [7, 11) is 0. The summed E-state index contributed by atoms with van der Waals surface area (Å²) in [5, 5.41) is 0. The van der Waals surface area contributed by atoms with E-state index in [2.05, 4.69) is 97.6 Å². The first-order valence-electron chi connectivity index (χ1n) is 11.3. The second-order valence-corrected chi connectivity index (χ2v) is 8.40. The Kier molecular flexibility index (Phi) is 6.81. The average molecular weight is 397 g/mol. The highest BCUT2D eigenvalue weighted by Crippen LogP contribution is 2.42. The number of hydrogen-bond acceptors (Lipinski definition) is 1. The maximum atomic E-state index is 7.09. The van der Waals surface area contributed by atoms with E-state index in [9.17, 15) is 0 Å². The monoisotopic (exact) mass is 396 g/mol. The first-order chi connectivity index (χ1) is 14.8. The lowest BCUT2D eigenvalue weighted by Crippen LogP contribution is -2.36. The van der Waals surface area contributed by atoms with E-state index in [4.69, 9.17) is 4.74 Å². The van der Waals surface area contributed by atoms with Crippen LogP contribution in [0.4, 0.5) is 0 Å². The summed E-state index contributed by atoms with van der Waals surface area (Å²) in [5.41, 5.74) is 2.78. The largest absolute Gasteiger partial charge is 0.354 e. The Labute approximate surface area is 181 Å². The van der Waals surface area contributed by atoms with Crippen molar-refractivity contribution >= 4 is 0 Å². The average Bonchev–Trinajstić information content (AvgIpc) is 3.35. The molecule has 1 saturated carbocycles. The second-order valence-electron chi connectivity index (χ2n) is 8.40. The summed E-state index contributed by atoms with van der Waals surface area (Å²) in [5.74, 6) is 0.843. The Morgan fingerprint density at radius 1 is 0.767 bits per heavy atom. The molecular weight excluding hydrogens is 364 g/mol. The molecule has 0 N–H and O–H groups in total.